The molecule has 1 aliphatic rings. The number of aryl methyl sites for hydroxylation is 2. The van der Waals surface area contributed by atoms with Crippen molar-refractivity contribution in [3.8, 4) is 0 Å². The van der Waals surface area contributed by atoms with Gasteiger partial charge in [-0.2, -0.15) is 13.2 Å². The smallest absolute Gasteiger partial charge is 0.427 e. The fourth-order valence-corrected chi connectivity index (χ4v) is 3.17. The fourth-order valence-electron chi connectivity index (χ4n) is 3.17. The highest BCUT2D eigenvalue weighted by molar-refractivity contribution is 6.07. The predicted octanol–water partition coefficient (Wildman–Crippen LogP) is 4.23. The Bertz CT molecular complexity index is 910. The van der Waals surface area contributed by atoms with E-state index in [0.717, 1.165) is 16.0 Å². The highest BCUT2D eigenvalue weighted by atomic mass is 19.4. The van der Waals surface area contributed by atoms with E-state index in [2.05, 4.69) is 15.0 Å². The Labute approximate surface area is 159 Å². The molecular weight excluding hydrogens is 375 g/mol. The second-order valence-corrected chi connectivity index (χ2v) is 6.66. The van der Waals surface area contributed by atoms with Crippen molar-refractivity contribution in [1.29, 1.82) is 0 Å². The maximum atomic E-state index is 13.1. The zero-order valence-corrected chi connectivity index (χ0v) is 15.4. The summed E-state index contributed by atoms with van der Waals surface area (Å²) in [4.78, 5) is 29.5. The summed E-state index contributed by atoms with van der Waals surface area (Å²) in [5.74, 6) is -0.571. The molecule has 2 aromatic rings. The van der Waals surface area contributed by atoms with Gasteiger partial charge in [0, 0.05) is 11.8 Å². The molecule has 0 unspecified atom stereocenters. The summed E-state index contributed by atoms with van der Waals surface area (Å²) in [6, 6.07) is 6.91. The van der Waals surface area contributed by atoms with Gasteiger partial charge in [-0.15, -0.1) is 0 Å². The topological polar surface area (TPSA) is 71.5 Å². The van der Waals surface area contributed by atoms with Gasteiger partial charge in [0.2, 0.25) is 6.10 Å². The van der Waals surface area contributed by atoms with E-state index in [4.69, 9.17) is 0 Å². The first kappa shape index (κ1) is 19.7. The van der Waals surface area contributed by atoms with Crippen molar-refractivity contribution < 1.29 is 27.5 Å². The quantitative estimate of drug-likeness (QED) is 0.847. The first-order valence-electron chi connectivity index (χ1n) is 8.49. The summed E-state index contributed by atoms with van der Waals surface area (Å²) in [5, 5.41) is 2.62. The summed E-state index contributed by atoms with van der Waals surface area (Å²) in [6.07, 6.45) is -6.83. The van der Waals surface area contributed by atoms with Gasteiger partial charge < -0.3 is 10.1 Å². The largest absolute Gasteiger partial charge is 0.434 e. The van der Waals surface area contributed by atoms with Crippen LogP contribution >= 0.6 is 0 Å². The van der Waals surface area contributed by atoms with Crippen molar-refractivity contribution >= 4 is 23.5 Å². The Hall–Kier alpha value is -3.10. The molecule has 0 spiro atoms. The van der Waals surface area contributed by atoms with Crippen LogP contribution in [0.4, 0.5) is 29.5 Å². The number of carbonyl (C=O) groups excluding carboxylic acids is 2. The standard InChI is InChI=1S/C19H18F3N3O3/c1-10-7-11(2)9-13(8-10)17(26)24-14-5-4-6-23-16(14)25-12(3)15(19(20,21)22)28-18(25)27/h4-9,12,15H,1-3H3,(H,24,26)/t12-,15-/m0/s1. The molecule has 0 radical (unpaired) electrons. The first-order chi connectivity index (χ1) is 13.1. The molecule has 0 saturated carbocycles. The number of benzene rings is 1. The van der Waals surface area contributed by atoms with E-state index in [9.17, 15) is 22.8 Å². The molecule has 2 amide bonds. The summed E-state index contributed by atoms with van der Waals surface area (Å²) in [7, 11) is 0. The van der Waals surface area contributed by atoms with Gasteiger partial charge in [-0.1, -0.05) is 17.2 Å². The lowest BCUT2D eigenvalue weighted by molar-refractivity contribution is -0.198. The molecule has 9 heteroatoms. The van der Waals surface area contributed by atoms with Gasteiger partial charge in [0.1, 0.15) is 0 Å². The average Bonchev–Trinajstić information content (AvgIpc) is 2.89. The molecule has 1 aliphatic heterocycles. The van der Waals surface area contributed by atoms with Gasteiger partial charge in [0.05, 0.1) is 11.7 Å². The molecule has 0 bridgehead atoms. The van der Waals surface area contributed by atoms with E-state index in [-0.39, 0.29) is 11.5 Å². The Morgan fingerprint density at radius 3 is 2.43 bits per heavy atom. The molecule has 2 heterocycles. The van der Waals surface area contributed by atoms with Crippen LogP contribution in [0, 0.1) is 13.8 Å². The van der Waals surface area contributed by atoms with Gasteiger partial charge in [-0.3, -0.25) is 9.69 Å². The fraction of sp³-hybridized carbons (Fsp3) is 0.316. The number of rotatable bonds is 3. The van der Waals surface area contributed by atoms with Crippen LogP contribution in [0.25, 0.3) is 0 Å². The normalized spacial score (nSPS) is 19.5. The van der Waals surface area contributed by atoms with Gasteiger partial charge in [0.25, 0.3) is 5.91 Å². The number of hydrogen-bond donors (Lipinski definition) is 1. The number of halogens is 3. The monoisotopic (exact) mass is 393 g/mol. The number of carbonyl (C=O) groups is 2. The minimum atomic E-state index is -4.71. The van der Waals surface area contributed by atoms with Crippen molar-refractivity contribution in [2.24, 2.45) is 0 Å². The molecule has 2 atom stereocenters. The third-order valence-electron chi connectivity index (χ3n) is 4.34. The minimum Gasteiger partial charge on any atom is -0.434 e. The zero-order valence-electron chi connectivity index (χ0n) is 15.4. The molecule has 1 aromatic carbocycles. The lowest BCUT2D eigenvalue weighted by Crippen LogP contribution is -2.41. The van der Waals surface area contributed by atoms with Crippen LogP contribution < -0.4 is 10.2 Å². The van der Waals surface area contributed by atoms with Crippen LogP contribution in [0.15, 0.2) is 36.5 Å². The maximum absolute atomic E-state index is 13.1. The predicted molar refractivity (Wildman–Crippen MR) is 96.4 cm³/mol. The van der Waals surface area contributed by atoms with Crippen LogP contribution in [-0.4, -0.2) is 35.3 Å². The lowest BCUT2D eigenvalue weighted by Gasteiger charge is -2.23. The molecule has 1 N–H and O–H groups in total. The van der Waals surface area contributed by atoms with E-state index in [1.807, 2.05) is 19.9 Å². The van der Waals surface area contributed by atoms with Crippen molar-refractivity contribution in [1.82, 2.24) is 4.98 Å². The van der Waals surface area contributed by atoms with Crippen LogP contribution in [-0.2, 0) is 4.74 Å². The van der Waals surface area contributed by atoms with Crippen molar-refractivity contribution in [2.75, 3.05) is 10.2 Å². The Balaban J connectivity index is 1.92. The van der Waals surface area contributed by atoms with E-state index < -0.39 is 30.3 Å². The number of anilines is 2. The van der Waals surface area contributed by atoms with E-state index in [1.54, 1.807) is 12.1 Å². The molecule has 6 nitrogen and oxygen atoms in total. The minimum absolute atomic E-state index is 0.107. The second kappa shape index (κ2) is 7.14. The van der Waals surface area contributed by atoms with Gasteiger partial charge in [0.15, 0.2) is 5.82 Å². The van der Waals surface area contributed by atoms with Gasteiger partial charge in [-0.05, 0) is 45.0 Å². The number of cyclic esters (lactones) is 1. The summed E-state index contributed by atoms with van der Waals surface area (Å²) in [5.41, 5.74) is 2.28. The third kappa shape index (κ3) is 3.78. The number of nitrogens with one attached hydrogen (secondary N) is 1. The lowest BCUT2D eigenvalue weighted by atomic mass is 10.1. The number of alkyl halides is 3. The molecule has 28 heavy (non-hydrogen) atoms. The van der Waals surface area contributed by atoms with Crippen LogP contribution in [0.2, 0.25) is 0 Å². The second-order valence-electron chi connectivity index (χ2n) is 6.66. The van der Waals surface area contributed by atoms with Crippen molar-refractivity contribution in [3.05, 3.63) is 53.2 Å². The van der Waals surface area contributed by atoms with Gasteiger partial charge in [-0.25, -0.2) is 9.78 Å². The summed E-state index contributed by atoms with van der Waals surface area (Å²) in [6.45, 7) is 4.91. The zero-order chi connectivity index (χ0) is 20.6. The van der Waals surface area contributed by atoms with E-state index in [0.29, 0.717) is 5.56 Å². The van der Waals surface area contributed by atoms with Crippen LogP contribution in [0.5, 0.6) is 0 Å². The summed E-state index contributed by atoms with van der Waals surface area (Å²) < 4.78 is 43.8. The van der Waals surface area contributed by atoms with E-state index >= 15 is 0 Å². The number of ether oxygens (including phenoxy) is 1. The third-order valence-corrected chi connectivity index (χ3v) is 4.34. The maximum Gasteiger partial charge on any atom is 0.427 e. The molecule has 0 aliphatic carbocycles. The van der Waals surface area contributed by atoms with Gasteiger partial charge >= 0.3 is 12.3 Å². The van der Waals surface area contributed by atoms with Crippen LogP contribution in [0.3, 0.4) is 0 Å². The molecule has 1 saturated heterocycles. The van der Waals surface area contributed by atoms with Crippen LogP contribution in [0.1, 0.15) is 28.4 Å². The molecule has 1 fully saturated rings. The van der Waals surface area contributed by atoms with E-state index in [1.165, 1.54) is 25.3 Å². The first-order valence-corrected chi connectivity index (χ1v) is 8.49. The number of hydrogen-bond acceptors (Lipinski definition) is 4. The molecule has 3 rings (SSSR count). The Morgan fingerprint density at radius 1 is 1.21 bits per heavy atom. The average molecular weight is 393 g/mol. The van der Waals surface area contributed by atoms with Crippen molar-refractivity contribution in [2.45, 2.75) is 39.1 Å². The Kier molecular flexibility index (Phi) is 5.01. The SMILES string of the molecule is Cc1cc(C)cc(C(=O)Nc2cccnc2N2C(=O)O[C@H](C(F)(F)F)[C@@H]2C)c1. The number of aromatic nitrogens is 1. The molecule has 1 aromatic heterocycles. The Morgan fingerprint density at radius 2 is 1.86 bits per heavy atom. The highest BCUT2D eigenvalue weighted by Crippen LogP contribution is 2.37. The number of nitrogens with zero attached hydrogens (tertiary/aromatic N) is 2. The van der Waals surface area contributed by atoms with Crippen molar-refractivity contribution in [3.63, 3.8) is 0 Å². The number of amides is 2. The molecule has 148 valence electrons. The highest BCUT2D eigenvalue weighted by Gasteiger charge is 2.55. The summed E-state index contributed by atoms with van der Waals surface area (Å²) >= 11 is 0. The molecular formula is C19H18F3N3O3. The number of pyridine rings is 1.